The lowest BCUT2D eigenvalue weighted by molar-refractivity contribution is 0.706. The van der Waals surface area contributed by atoms with Crippen molar-refractivity contribution in [1.29, 1.82) is 0 Å². The maximum atomic E-state index is 2.61. The van der Waals surface area contributed by atoms with Gasteiger partial charge in [0.05, 0.1) is 0 Å². The van der Waals surface area contributed by atoms with Crippen LogP contribution in [0.15, 0.2) is 97.1 Å². The Morgan fingerprint density at radius 3 is 1.73 bits per heavy atom. The average molecular weight is 354 g/mol. The van der Waals surface area contributed by atoms with E-state index >= 15 is 0 Å². The molecule has 0 radical (unpaired) electrons. The second-order valence-electron chi connectivity index (χ2n) is 7.37. The summed E-state index contributed by atoms with van der Waals surface area (Å²) in [5.74, 6) is 1.43. The number of benzene rings is 3. The first kappa shape index (κ1) is 16.0. The third-order valence-electron chi connectivity index (χ3n) is 5.93. The fraction of sp³-hybridized carbons (Fsp3) is 0.200. The predicted octanol–water partition coefficient (Wildman–Crippen LogP) is 5.61. The first-order chi connectivity index (χ1) is 12.9. The molecule has 128 valence electrons. The van der Waals surface area contributed by atoms with Crippen molar-refractivity contribution in [2.75, 3.05) is 0 Å². The van der Waals surface area contributed by atoms with E-state index in [-0.39, 0.29) is 7.92 Å². The molecular weight excluding hydrogens is 331 g/mol. The molecule has 0 nitrogen and oxygen atoms in total. The molecule has 1 heteroatoms. The summed E-state index contributed by atoms with van der Waals surface area (Å²) in [5.41, 5.74) is 3.77. The quantitative estimate of drug-likeness (QED) is 0.534. The molecule has 0 aliphatic heterocycles. The van der Waals surface area contributed by atoms with Gasteiger partial charge in [-0.1, -0.05) is 97.1 Å². The summed E-state index contributed by atoms with van der Waals surface area (Å²) in [7, 11) is -0.337. The van der Waals surface area contributed by atoms with Crippen LogP contribution in [0, 0.1) is 11.8 Å². The van der Waals surface area contributed by atoms with E-state index in [2.05, 4.69) is 97.1 Å². The van der Waals surface area contributed by atoms with E-state index in [1.54, 1.807) is 5.57 Å². The number of hydrogen-bond donors (Lipinski definition) is 0. The molecule has 5 rings (SSSR count). The summed E-state index contributed by atoms with van der Waals surface area (Å²) in [6.45, 7) is 0. The molecule has 0 saturated heterocycles. The molecule has 2 bridgehead atoms. The number of fused-ring (bicyclic) bond motifs is 2. The molecule has 0 heterocycles. The van der Waals surface area contributed by atoms with Gasteiger partial charge in [0.1, 0.15) is 0 Å². The van der Waals surface area contributed by atoms with Gasteiger partial charge in [0.15, 0.2) is 0 Å². The highest BCUT2D eigenvalue weighted by Crippen LogP contribution is 2.60. The topological polar surface area (TPSA) is 0 Å². The van der Waals surface area contributed by atoms with Gasteiger partial charge in [0.2, 0.25) is 0 Å². The minimum absolute atomic E-state index is 0.337. The van der Waals surface area contributed by atoms with E-state index in [0.29, 0.717) is 5.92 Å². The van der Waals surface area contributed by atoms with Crippen LogP contribution in [0.2, 0.25) is 0 Å². The van der Waals surface area contributed by atoms with E-state index in [1.807, 2.05) is 0 Å². The van der Waals surface area contributed by atoms with Crippen LogP contribution in [0.3, 0.4) is 0 Å². The van der Waals surface area contributed by atoms with Gasteiger partial charge < -0.3 is 0 Å². The largest absolute Gasteiger partial charge is 0.0766 e. The van der Waals surface area contributed by atoms with Crippen LogP contribution in [-0.4, -0.2) is 5.66 Å². The zero-order valence-electron chi connectivity index (χ0n) is 14.8. The van der Waals surface area contributed by atoms with Crippen molar-refractivity contribution in [3.8, 4) is 0 Å². The lowest BCUT2D eigenvalue weighted by Gasteiger charge is -2.30. The molecule has 0 N–H and O–H groups in total. The SMILES string of the molecule is C1=C(c2ccccc2)[C@H]2CCC1[C@@H]2P(c1ccccc1)c1ccccc1. The predicted molar refractivity (Wildman–Crippen MR) is 113 cm³/mol. The Kier molecular flexibility index (Phi) is 4.23. The van der Waals surface area contributed by atoms with Gasteiger partial charge in [-0.05, 0) is 54.3 Å². The van der Waals surface area contributed by atoms with Crippen LogP contribution >= 0.6 is 7.92 Å². The highest BCUT2D eigenvalue weighted by molar-refractivity contribution is 7.73. The summed E-state index contributed by atoms with van der Waals surface area (Å²) in [4.78, 5) is 0. The van der Waals surface area contributed by atoms with Crippen molar-refractivity contribution in [2.45, 2.75) is 18.5 Å². The molecule has 2 aliphatic carbocycles. The van der Waals surface area contributed by atoms with E-state index in [9.17, 15) is 0 Å². The number of allylic oxidation sites excluding steroid dienone is 2. The van der Waals surface area contributed by atoms with Gasteiger partial charge in [-0.15, -0.1) is 0 Å². The van der Waals surface area contributed by atoms with Crippen LogP contribution < -0.4 is 10.6 Å². The molecule has 26 heavy (non-hydrogen) atoms. The Bertz CT molecular complexity index is 859. The van der Waals surface area contributed by atoms with Crippen LogP contribution in [0.5, 0.6) is 0 Å². The molecule has 1 fully saturated rings. The average Bonchev–Trinajstić information content (AvgIpc) is 3.29. The molecule has 0 spiro atoms. The molecule has 2 aliphatic rings. The van der Waals surface area contributed by atoms with Crippen molar-refractivity contribution in [3.05, 3.63) is 103 Å². The summed E-state index contributed by atoms with van der Waals surface area (Å²) < 4.78 is 0. The maximum Gasteiger partial charge on any atom is 0.000324 e. The van der Waals surface area contributed by atoms with Crippen molar-refractivity contribution >= 4 is 24.1 Å². The molecule has 1 unspecified atom stereocenters. The summed E-state index contributed by atoms with van der Waals surface area (Å²) >= 11 is 0. The van der Waals surface area contributed by atoms with Crippen molar-refractivity contribution in [2.24, 2.45) is 11.8 Å². The Morgan fingerprint density at radius 2 is 1.15 bits per heavy atom. The molecule has 3 atom stereocenters. The number of rotatable bonds is 4. The monoisotopic (exact) mass is 354 g/mol. The molecular formula is C25H23P. The summed E-state index contributed by atoms with van der Waals surface area (Å²) in [6, 6.07) is 33.5. The van der Waals surface area contributed by atoms with Gasteiger partial charge in [-0.25, -0.2) is 0 Å². The van der Waals surface area contributed by atoms with Gasteiger partial charge >= 0.3 is 0 Å². The van der Waals surface area contributed by atoms with Crippen molar-refractivity contribution in [1.82, 2.24) is 0 Å². The standard InChI is InChI=1S/C25H23P/c1-4-10-19(11-5-1)24-18-20-16-17-23(24)25(20)26(21-12-6-2-7-13-21)22-14-8-3-9-15-22/h1-15,18,20,23,25H,16-17H2/t20?,23-,25+/m1/s1. The highest BCUT2D eigenvalue weighted by Gasteiger charge is 2.47. The Morgan fingerprint density at radius 1 is 0.615 bits per heavy atom. The second-order valence-corrected chi connectivity index (χ2v) is 9.74. The van der Waals surface area contributed by atoms with Crippen molar-refractivity contribution < 1.29 is 0 Å². The number of hydrogen-bond acceptors (Lipinski definition) is 0. The second kappa shape index (κ2) is 6.86. The van der Waals surface area contributed by atoms with E-state index < -0.39 is 0 Å². The molecule has 0 aromatic heterocycles. The third kappa shape index (κ3) is 2.74. The van der Waals surface area contributed by atoms with E-state index in [0.717, 1.165) is 11.6 Å². The molecule has 3 aromatic carbocycles. The Hall–Kier alpha value is -2.17. The highest BCUT2D eigenvalue weighted by atomic mass is 31.1. The van der Waals surface area contributed by atoms with Crippen LogP contribution in [0.25, 0.3) is 5.57 Å². The molecule has 0 amide bonds. The lowest BCUT2D eigenvalue weighted by Crippen LogP contribution is -2.26. The third-order valence-corrected chi connectivity index (χ3v) is 8.98. The zero-order valence-corrected chi connectivity index (χ0v) is 15.7. The smallest absolute Gasteiger partial charge is 0.000324 e. The first-order valence-electron chi connectivity index (χ1n) is 9.58. The minimum Gasteiger partial charge on any atom is -0.0766 e. The normalized spacial score (nSPS) is 24.0. The molecule has 1 saturated carbocycles. The van der Waals surface area contributed by atoms with Crippen molar-refractivity contribution in [3.63, 3.8) is 0 Å². The van der Waals surface area contributed by atoms with Gasteiger partial charge in [-0.3, -0.25) is 0 Å². The summed E-state index contributed by atoms with van der Waals surface area (Å²) in [5, 5.41) is 3.05. The fourth-order valence-electron chi connectivity index (χ4n) is 4.87. The Balaban J connectivity index is 1.57. The van der Waals surface area contributed by atoms with Crippen LogP contribution in [0.4, 0.5) is 0 Å². The van der Waals surface area contributed by atoms with Crippen LogP contribution in [-0.2, 0) is 0 Å². The fourth-order valence-corrected chi connectivity index (χ4v) is 8.13. The van der Waals surface area contributed by atoms with E-state index in [1.165, 1.54) is 29.0 Å². The first-order valence-corrected chi connectivity index (χ1v) is 11.0. The Labute approximate surface area is 157 Å². The summed E-state index contributed by atoms with van der Waals surface area (Å²) in [6.07, 6.45) is 5.30. The van der Waals surface area contributed by atoms with Gasteiger partial charge in [-0.2, -0.15) is 0 Å². The van der Waals surface area contributed by atoms with Crippen LogP contribution in [0.1, 0.15) is 18.4 Å². The van der Waals surface area contributed by atoms with Gasteiger partial charge in [0.25, 0.3) is 0 Å². The zero-order chi connectivity index (χ0) is 17.3. The minimum atomic E-state index is -0.337. The lowest BCUT2D eigenvalue weighted by atomic mass is 9.92. The molecule has 3 aromatic rings. The van der Waals surface area contributed by atoms with E-state index in [4.69, 9.17) is 0 Å². The van der Waals surface area contributed by atoms with Gasteiger partial charge in [0, 0.05) is 5.66 Å². The maximum absolute atomic E-state index is 2.61.